The van der Waals surface area contributed by atoms with Crippen LogP contribution in [0, 0.1) is 5.41 Å². The van der Waals surface area contributed by atoms with Crippen LogP contribution in [0.4, 0.5) is 0 Å². The number of aliphatic hydroxyl groups excluding tert-OH is 6. The molecule has 6 N–H and O–H groups in total. The van der Waals surface area contributed by atoms with Crippen LogP contribution in [-0.4, -0.2) is 98.5 Å². The smallest absolute Gasteiger partial charge is 0.187 e. The van der Waals surface area contributed by atoms with Gasteiger partial charge in [0.15, 0.2) is 6.29 Å². The Morgan fingerprint density at radius 3 is 1.88 bits per heavy atom. The summed E-state index contributed by atoms with van der Waals surface area (Å²) in [6.45, 7) is 6.82. The fourth-order valence-electron chi connectivity index (χ4n) is 3.46. The summed E-state index contributed by atoms with van der Waals surface area (Å²) in [4.78, 5) is 0. The topological polar surface area (TPSA) is 149 Å². The molecule has 0 bridgehead atoms. The highest BCUT2D eigenvalue weighted by Crippen LogP contribution is 2.36. The molecule has 2 unspecified atom stereocenters. The van der Waals surface area contributed by atoms with Crippen molar-refractivity contribution in [2.24, 2.45) is 5.41 Å². The molecule has 0 saturated carbocycles. The minimum atomic E-state index is -1.53. The summed E-state index contributed by atoms with van der Waals surface area (Å²) in [5.41, 5.74) is -0.527. The van der Waals surface area contributed by atoms with Crippen molar-refractivity contribution in [2.75, 3.05) is 6.61 Å². The largest absolute Gasteiger partial charge is 0.394 e. The number of rotatable bonds is 4. The second kappa shape index (κ2) is 8.34. The molecule has 2 aliphatic rings. The van der Waals surface area contributed by atoms with Crippen molar-refractivity contribution in [2.45, 2.75) is 95.3 Å². The van der Waals surface area contributed by atoms with Gasteiger partial charge in [-0.1, -0.05) is 27.7 Å². The summed E-state index contributed by atoms with van der Waals surface area (Å²) in [7, 11) is 0. The van der Waals surface area contributed by atoms with Crippen LogP contribution in [0.15, 0.2) is 0 Å². The third-order valence-corrected chi connectivity index (χ3v) is 5.08. The normalized spacial score (nSPS) is 47.8. The molecule has 26 heavy (non-hydrogen) atoms. The van der Waals surface area contributed by atoms with E-state index in [-0.39, 0.29) is 0 Å². The summed E-state index contributed by atoms with van der Waals surface area (Å²) in [5.74, 6) is 0. The van der Waals surface area contributed by atoms with Gasteiger partial charge in [0.25, 0.3) is 0 Å². The van der Waals surface area contributed by atoms with Crippen molar-refractivity contribution >= 4 is 0 Å². The predicted octanol–water partition coefficient (Wildman–Crippen LogP) is -1.88. The Morgan fingerprint density at radius 1 is 0.808 bits per heavy atom. The second-order valence-corrected chi connectivity index (χ2v) is 8.15. The molecule has 2 rings (SSSR count). The standard InChI is InChI=1S/C17H32O9/c1-5-7-9(19)11(21)13(23)16(25-7)26-14-12(22)10(20)8(6-18)24-15(14)17(2,3)4/h7-16,18-23H,5-6H2,1-4H3/t7-,8-,9-,10-,11+,12+,13-,14-,15?,16?/m1/s1. The maximum absolute atomic E-state index is 10.5. The van der Waals surface area contributed by atoms with E-state index >= 15 is 0 Å². The quantitative estimate of drug-likeness (QED) is 0.329. The van der Waals surface area contributed by atoms with E-state index in [1.807, 2.05) is 20.8 Å². The third kappa shape index (κ3) is 4.21. The molecule has 2 fully saturated rings. The van der Waals surface area contributed by atoms with Crippen molar-refractivity contribution in [1.29, 1.82) is 0 Å². The van der Waals surface area contributed by atoms with Crippen LogP contribution in [0.5, 0.6) is 0 Å². The summed E-state index contributed by atoms with van der Waals surface area (Å²) >= 11 is 0. The number of ether oxygens (including phenoxy) is 3. The molecule has 0 aromatic rings. The SMILES string of the molecule is CC[C@H]1OC(O[C@H]2C(C(C)(C)C)O[C@H](CO)[C@@H](O)[C@@H]2O)[C@H](O)[C@@H](O)[C@@H]1O. The number of hydrogen-bond donors (Lipinski definition) is 6. The Hall–Kier alpha value is -0.360. The van der Waals surface area contributed by atoms with Crippen molar-refractivity contribution in [3.63, 3.8) is 0 Å². The summed E-state index contributed by atoms with van der Waals surface area (Å²) in [6.07, 6.45) is -11.5. The first kappa shape index (κ1) is 21.9. The maximum Gasteiger partial charge on any atom is 0.187 e. The zero-order valence-corrected chi connectivity index (χ0v) is 15.6. The molecule has 2 aliphatic heterocycles. The van der Waals surface area contributed by atoms with Gasteiger partial charge in [0, 0.05) is 0 Å². The van der Waals surface area contributed by atoms with Gasteiger partial charge in [-0.05, 0) is 11.8 Å². The van der Waals surface area contributed by atoms with Gasteiger partial charge in [-0.2, -0.15) is 0 Å². The predicted molar refractivity (Wildman–Crippen MR) is 89.1 cm³/mol. The van der Waals surface area contributed by atoms with E-state index in [2.05, 4.69) is 0 Å². The van der Waals surface area contributed by atoms with E-state index in [0.29, 0.717) is 6.42 Å². The summed E-state index contributed by atoms with van der Waals surface area (Å²) < 4.78 is 17.0. The Morgan fingerprint density at radius 2 is 1.38 bits per heavy atom. The van der Waals surface area contributed by atoms with Crippen molar-refractivity contribution in [3.05, 3.63) is 0 Å². The Labute approximate surface area is 153 Å². The second-order valence-electron chi connectivity index (χ2n) is 8.15. The first-order valence-electron chi connectivity index (χ1n) is 9.00. The molecule has 0 aromatic heterocycles. The Balaban J connectivity index is 2.23. The van der Waals surface area contributed by atoms with E-state index in [9.17, 15) is 30.6 Å². The van der Waals surface area contributed by atoms with Gasteiger partial charge in [-0.15, -0.1) is 0 Å². The summed E-state index contributed by atoms with van der Waals surface area (Å²) in [5, 5.41) is 60.2. The first-order chi connectivity index (χ1) is 12.0. The minimum absolute atomic E-state index is 0.381. The van der Waals surface area contributed by atoms with E-state index < -0.39 is 73.2 Å². The van der Waals surface area contributed by atoms with Crippen molar-refractivity contribution in [3.8, 4) is 0 Å². The van der Waals surface area contributed by atoms with Gasteiger partial charge in [0.05, 0.1) is 18.8 Å². The van der Waals surface area contributed by atoms with Gasteiger partial charge in [-0.25, -0.2) is 0 Å². The lowest BCUT2D eigenvalue weighted by molar-refractivity contribution is -0.345. The van der Waals surface area contributed by atoms with Gasteiger partial charge in [-0.3, -0.25) is 0 Å². The molecule has 2 heterocycles. The summed E-state index contributed by atoms with van der Waals surface area (Å²) in [6, 6.07) is 0. The van der Waals surface area contributed by atoms with Gasteiger partial charge in [0.1, 0.15) is 42.7 Å². The molecule has 0 aliphatic carbocycles. The lowest BCUT2D eigenvalue weighted by Crippen LogP contribution is -2.65. The van der Waals surface area contributed by atoms with Crippen molar-refractivity contribution < 1.29 is 44.8 Å². The maximum atomic E-state index is 10.5. The van der Waals surface area contributed by atoms with Crippen LogP contribution < -0.4 is 0 Å². The van der Waals surface area contributed by atoms with Crippen LogP contribution in [0.2, 0.25) is 0 Å². The lowest BCUT2D eigenvalue weighted by atomic mass is 9.80. The van der Waals surface area contributed by atoms with Gasteiger partial charge >= 0.3 is 0 Å². The molecule has 0 amide bonds. The molecule has 9 heteroatoms. The fourth-order valence-corrected chi connectivity index (χ4v) is 3.46. The van der Waals surface area contributed by atoms with Crippen LogP contribution in [0.3, 0.4) is 0 Å². The van der Waals surface area contributed by atoms with E-state index in [4.69, 9.17) is 14.2 Å². The highest BCUT2D eigenvalue weighted by Gasteiger charge is 2.52. The molecule has 0 spiro atoms. The van der Waals surface area contributed by atoms with Crippen molar-refractivity contribution in [1.82, 2.24) is 0 Å². The molecule has 10 atom stereocenters. The first-order valence-corrected chi connectivity index (χ1v) is 9.00. The van der Waals surface area contributed by atoms with Crippen LogP contribution >= 0.6 is 0 Å². The Bertz CT molecular complexity index is 452. The monoisotopic (exact) mass is 380 g/mol. The van der Waals surface area contributed by atoms with Crippen LogP contribution in [0.1, 0.15) is 34.1 Å². The fraction of sp³-hybridized carbons (Fsp3) is 1.00. The number of hydrogen-bond acceptors (Lipinski definition) is 9. The van der Waals surface area contributed by atoms with E-state index in [1.54, 1.807) is 6.92 Å². The highest BCUT2D eigenvalue weighted by molar-refractivity contribution is 4.98. The molecule has 154 valence electrons. The average Bonchev–Trinajstić information content (AvgIpc) is 2.58. The zero-order valence-electron chi connectivity index (χ0n) is 15.6. The molecule has 0 aromatic carbocycles. The third-order valence-electron chi connectivity index (χ3n) is 5.08. The van der Waals surface area contributed by atoms with E-state index in [0.717, 1.165) is 0 Å². The van der Waals surface area contributed by atoms with Crippen LogP contribution in [0.25, 0.3) is 0 Å². The lowest BCUT2D eigenvalue weighted by Gasteiger charge is -2.49. The van der Waals surface area contributed by atoms with Gasteiger partial charge in [0.2, 0.25) is 0 Å². The van der Waals surface area contributed by atoms with Gasteiger partial charge < -0.3 is 44.8 Å². The molecular formula is C17H32O9. The Kier molecular flexibility index (Phi) is 7.03. The van der Waals surface area contributed by atoms with Crippen LogP contribution in [-0.2, 0) is 14.2 Å². The minimum Gasteiger partial charge on any atom is -0.394 e. The van der Waals surface area contributed by atoms with E-state index in [1.165, 1.54) is 0 Å². The number of aliphatic hydroxyl groups is 6. The molecule has 0 radical (unpaired) electrons. The zero-order chi connectivity index (χ0) is 19.8. The molecular weight excluding hydrogens is 348 g/mol. The average molecular weight is 380 g/mol. The molecule has 9 nitrogen and oxygen atoms in total. The molecule has 2 saturated heterocycles. The highest BCUT2D eigenvalue weighted by atomic mass is 16.7.